The maximum atomic E-state index is 12.3. The number of carboxylic acid groups (broad SMARTS) is 1. The number of rotatable bonds is 4. The largest absolute Gasteiger partial charge is 0.480 e. The lowest BCUT2D eigenvalue weighted by molar-refractivity contribution is -0.135. The molecule has 0 unspecified atom stereocenters. The Labute approximate surface area is 114 Å². The third-order valence-corrected chi connectivity index (χ3v) is 2.75. The van der Waals surface area contributed by atoms with Crippen molar-refractivity contribution in [2.75, 3.05) is 11.4 Å². The van der Waals surface area contributed by atoms with Gasteiger partial charge in [-0.2, -0.15) is 0 Å². The van der Waals surface area contributed by atoms with E-state index in [0.717, 1.165) is 4.90 Å². The van der Waals surface area contributed by atoms with Crippen molar-refractivity contribution in [1.82, 2.24) is 0 Å². The Hall–Kier alpha value is -2.27. The number of carboxylic acids is 1. The van der Waals surface area contributed by atoms with E-state index in [2.05, 4.69) is 0 Å². The van der Waals surface area contributed by atoms with Crippen LogP contribution >= 0.6 is 11.6 Å². The summed E-state index contributed by atoms with van der Waals surface area (Å²) in [5.74, 6) is -1.64. The van der Waals surface area contributed by atoms with Crippen molar-refractivity contribution in [2.45, 2.75) is 0 Å². The molecule has 0 atom stereocenters. The van der Waals surface area contributed by atoms with Crippen LogP contribution in [0.15, 0.2) is 47.1 Å². The normalized spacial score (nSPS) is 10.2. The first-order valence-electron chi connectivity index (χ1n) is 5.41. The SMILES string of the molecule is O=C(O)CN(C(=O)c1ccoc1Cl)c1ccccc1. The Balaban J connectivity index is 2.36. The summed E-state index contributed by atoms with van der Waals surface area (Å²) in [6.07, 6.45) is 1.28. The number of carbonyl (C=O) groups excluding carboxylic acids is 1. The molecule has 0 saturated heterocycles. The third kappa shape index (κ3) is 2.95. The van der Waals surface area contributed by atoms with Crippen molar-refractivity contribution >= 4 is 29.2 Å². The molecule has 19 heavy (non-hydrogen) atoms. The van der Waals surface area contributed by atoms with Crippen LogP contribution in [0, 0.1) is 0 Å². The number of hydrogen-bond acceptors (Lipinski definition) is 3. The van der Waals surface area contributed by atoms with Crippen LogP contribution in [0.5, 0.6) is 0 Å². The second kappa shape index (κ2) is 5.58. The van der Waals surface area contributed by atoms with Crippen molar-refractivity contribution in [1.29, 1.82) is 0 Å². The zero-order chi connectivity index (χ0) is 13.8. The quantitative estimate of drug-likeness (QED) is 0.934. The number of halogens is 1. The van der Waals surface area contributed by atoms with E-state index in [0.29, 0.717) is 5.69 Å². The fourth-order valence-corrected chi connectivity index (χ4v) is 1.81. The summed E-state index contributed by atoms with van der Waals surface area (Å²) >= 11 is 5.74. The average Bonchev–Trinajstić information content (AvgIpc) is 2.82. The van der Waals surface area contributed by atoms with Crippen molar-refractivity contribution in [3.8, 4) is 0 Å². The Kier molecular flexibility index (Phi) is 3.87. The molecule has 0 radical (unpaired) electrons. The monoisotopic (exact) mass is 279 g/mol. The van der Waals surface area contributed by atoms with Crippen molar-refractivity contribution in [2.24, 2.45) is 0 Å². The number of para-hydroxylation sites is 1. The Morgan fingerprint density at radius 3 is 2.42 bits per heavy atom. The first-order chi connectivity index (χ1) is 9.09. The summed E-state index contributed by atoms with van der Waals surface area (Å²) in [6.45, 7) is -0.454. The molecule has 2 aromatic rings. The first-order valence-corrected chi connectivity index (χ1v) is 5.79. The van der Waals surface area contributed by atoms with Gasteiger partial charge in [-0.05, 0) is 29.8 Å². The van der Waals surface area contributed by atoms with Gasteiger partial charge in [-0.15, -0.1) is 0 Å². The second-order valence-corrected chi connectivity index (χ2v) is 4.07. The molecule has 1 amide bonds. The van der Waals surface area contributed by atoms with E-state index in [1.54, 1.807) is 30.3 Å². The van der Waals surface area contributed by atoms with Gasteiger partial charge < -0.3 is 9.52 Å². The van der Waals surface area contributed by atoms with Gasteiger partial charge in [0.25, 0.3) is 5.91 Å². The summed E-state index contributed by atoms with van der Waals surface area (Å²) < 4.78 is 4.85. The highest BCUT2D eigenvalue weighted by atomic mass is 35.5. The van der Waals surface area contributed by atoms with Gasteiger partial charge in [-0.25, -0.2) is 0 Å². The Morgan fingerprint density at radius 2 is 1.89 bits per heavy atom. The molecule has 0 fully saturated rings. The lowest BCUT2D eigenvalue weighted by Gasteiger charge is -2.20. The number of furan rings is 1. The Bertz CT molecular complexity index is 594. The lowest BCUT2D eigenvalue weighted by atomic mass is 10.2. The minimum atomic E-state index is -1.11. The average molecular weight is 280 g/mol. The van der Waals surface area contributed by atoms with Gasteiger partial charge in [-0.3, -0.25) is 14.5 Å². The molecule has 0 bridgehead atoms. The number of hydrogen-bond donors (Lipinski definition) is 1. The lowest BCUT2D eigenvalue weighted by Crippen LogP contribution is -2.35. The maximum absolute atomic E-state index is 12.3. The number of aliphatic carboxylic acids is 1. The molecular weight excluding hydrogens is 270 g/mol. The molecule has 0 saturated carbocycles. The molecule has 0 aliphatic heterocycles. The predicted octanol–water partition coefficient (Wildman–Crippen LogP) is 2.66. The van der Waals surface area contributed by atoms with Crippen molar-refractivity contribution in [3.63, 3.8) is 0 Å². The molecule has 0 aliphatic carbocycles. The zero-order valence-electron chi connectivity index (χ0n) is 9.75. The fourth-order valence-electron chi connectivity index (χ4n) is 1.62. The van der Waals surface area contributed by atoms with Gasteiger partial charge in [0.2, 0.25) is 5.22 Å². The van der Waals surface area contributed by atoms with E-state index in [1.165, 1.54) is 12.3 Å². The van der Waals surface area contributed by atoms with E-state index in [1.807, 2.05) is 0 Å². The van der Waals surface area contributed by atoms with Gasteiger partial charge in [0.05, 0.1) is 11.8 Å². The highest BCUT2D eigenvalue weighted by Gasteiger charge is 2.23. The van der Waals surface area contributed by atoms with E-state index < -0.39 is 18.4 Å². The van der Waals surface area contributed by atoms with Crippen LogP contribution in [-0.2, 0) is 4.79 Å². The summed E-state index contributed by atoms with van der Waals surface area (Å²) in [4.78, 5) is 24.3. The Morgan fingerprint density at radius 1 is 1.21 bits per heavy atom. The van der Waals surface area contributed by atoms with Gasteiger partial charge in [0.15, 0.2) is 0 Å². The molecule has 98 valence electrons. The summed E-state index contributed by atoms with van der Waals surface area (Å²) in [5, 5.41) is 8.85. The summed E-state index contributed by atoms with van der Waals surface area (Å²) in [5.41, 5.74) is 0.610. The number of anilines is 1. The predicted molar refractivity (Wildman–Crippen MR) is 69.5 cm³/mol. The maximum Gasteiger partial charge on any atom is 0.323 e. The fraction of sp³-hybridized carbons (Fsp3) is 0.0769. The second-order valence-electron chi connectivity index (χ2n) is 3.73. The molecule has 2 rings (SSSR count). The number of carbonyl (C=O) groups is 2. The highest BCUT2D eigenvalue weighted by Crippen LogP contribution is 2.22. The molecule has 6 heteroatoms. The van der Waals surface area contributed by atoms with E-state index in [9.17, 15) is 9.59 Å². The van der Waals surface area contributed by atoms with Crippen LogP contribution in [0.1, 0.15) is 10.4 Å². The number of nitrogens with zero attached hydrogens (tertiary/aromatic N) is 1. The molecule has 5 nitrogen and oxygen atoms in total. The van der Waals surface area contributed by atoms with E-state index >= 15 is 0 Å². The highest BCUT2D eigenvalue weighted by molar-refractivity contribution is 6.33. The van der Waals surface area contributed by atoms with Crippen LogP contribution in [0.25, 0.3) is 0 Å². The first kappa shape index (κ1) is 13.2. The molecule has 1 heterocycles. The third-order valence-electron chi connectivity index (χ3n) is 2.45. The van der Waals surface area contributed by atoms with Crippen LogP contribution < -0.4 is 4.90 Å². The topological polar surface area (TPSA) is 70.8 Å². The van der Waals surface area contributed by atoms with Crippen LogP contribution in [0.4, 0.5) is 5.69 Å². The van der Waals surface area contributed by atoms with E-state index in [-0.39, 0.29) is 10.8 Å². The minimum Gasteiger partial charge on any atom is -0.480 e. The van der Waals surface area contributed by atoms with Gasteiger partial charge in [0.1, 0.15) is 6.54 Å². The minimum absolute atomic E-state index is 0.0590. The van der Waals surface area contributed by atoms with Gasteiger partial charge in [-0.1, -0.05) is 18.2 Å². The molecule has 1 aromatic heterocycles. The van der Waals surface area contributed by atoms with Gasteiger partial charge in [0, 0.05) is 5.69 Å². The molecular formula is C13H10ClNO4. The standard InChI is InChI=1S/C13H10ClNO4/c14-12-10(6-7-19-12)13(18)15(8-11(16)17)9-4-2-1-3-5-9/h1-7H,8H2,(H,16,17). The van der Waals surface area contributed by atoms with E-state index in [4.69, 9.17) is 21.1 Å². The van der Waals surface area contributed by atoms with Crippen LogP contribution in [0.3, 0.4) is 0 Å². The summed E-state index contributed by atoms with van der Waals surface area (Å²) in [7, 11) is 0. The molecule has 0 aliphatic rings. The van der Waals surface area contributed by atoms with Crippen molar-refractivity contribution in [3.05, 3.63) is 53.4 Å². The smallest absolute Gasteiger partial charge is 0.323 e. The molecule has 1 aromatic carbocycles. The van der Waals surface area contributed by atoms with Crippen LogP contribution in [-0.4, -0.2) is 23.5 Å². The van der Waals surface area contributed by atoms with Crippen molar-refractivity contribution < 1.29 is 19.1 Å². The summed E-state index contributed by atoms with van der Waals surface area (Å²) in [6, 6.07) is 9.91. The number of benzene rings is 1. The van der Waals surface area contributed by atoms with Crippen LogP contribution in [0.2, 0.25) is 5.22 Å². The zero-order valence-corrected chi connectivity index (χ0v) is 10.5. The molecule has 1 N–H and O–H groups in total. The number of amides is 1. The van der Waals surface area contributed by atoms with Gasteiger partial charge >= 0.3 is 5.97 Å². The molecule has 0 spiro atoms.